The van der Waals surface area contributed by atoms with Gasteiger partial charge in [-0.15, -0.1) is 0 Å². The van der Waals surface area contributed by atoms with Crippen molar-refractivity contribution in [2.75, 3.05) is 12.4 Å². The monoisotopic (exact) mass is 250 g/mol. The van der Waals surface area contributed by atoms with E-state index in [1.165, 1.54) is 6.20 Å². The van der Waals surface area contributed by atoms with Gasteiger partial charge in [0.15, 0.2) is 0 Å². The smallest absolute Gasteiger partial charge is 0.213 e. The number of halogens is 1. The molecule has 17 heavy (non-hydrogen) atoms. The van der Waals surface area contributed by atoms with Gasteiger partial charge in [0.2, 0.25) is 5.88 Å². The Morgan fingerprint density at radius 1 is 1.29 bits per heavy atom. The van der Waals surface area contributed by atoms with Crippen molar-refractivity contribution in [3.63, 3.8) is 0 Å². The second kappa shape index (κ2) is 5.45. The van der Waals surface area contributed by atoms with Crippen molar-refractivity contribution in [1.82, 2.24) is 15.0 Å². The van der Waals surface area contributed by atoms with E-state index in [0.29, 0.717) is 23.4 Å². The third-order valence-electron chi connectivity index (χ3n) is 2.05. The van der Waals surface area contributed by atoms with E-state index in [1.807, 2.05) is 12.1 Å². The van der Waals surface area contributed by atoms with Crippen LogP contribution in [0.3, 0.4) is 0 Å². The molecule has 0 atom stereocenters. The van der Waals surface area contributed by atoms with E-state index in [4.69, 9.17) is 16.3 Å². The molecule has 0 saturated carbocycles. The summed E-state index contributed by atoms with van der Waals surface area (Å²) in [6, 6.07) is 5.57. The van der Waals surface area contributed by atoms with Crippen LogP contribution < -0.4 is 10.1 Å². The Bertz CT molecular complexity index is 506. The van der Waals surface area contributed by atoms with Crippen LogP contribution in [-0.4, -0.2) is 22.1 Å². The van der Waals surface area contributed by atoms with Crippen LogP contribution in [0.2, 0.25) is 5.15 Å². The zero-order valence-corrected chi connectivity index (χ0v) is 9.98. The van der Waals surface area contributed by atoms with Crippen LogP contribution in [0.4, 0.5) is 5.82 Å². The van der Waals surface area contributed by atoms with Gasteiger partial charge in [-0.2, -0.15) is 0 Å². The van der Waals surface area contributed by atoms with E-state index in [-0.39, 0.29) is 0 Å². The molecular weight excluding hydrogens is 240 g/mol. The number of hydrogen-bond acceptors (Lipinski definition) is 5. The van der Waals surface area contributed by atoms with Crippen molar-refractivity contribution < 1.29 is 4.74 Å². The summed E-state index contributed by atoms with van der Waals surface area (Å²) in [5.41, 5.74) is 0.853. The molecule has 0 aliphatic heterocycles. The fraction of sp³-hybridized carbons (Fsp3) is 0.182. The first-order valence-corrected chi connectivity index (χ1v) is 5.37. The zero-order chi connectivity index (χ0) is 12.1. The van der Waals surface area contributed by atoms with Crippen LogP contribution in [0.25, 0.3) is 0 Å². The number of nitrogens with zero attached hydrogens (tertiary/aromatic N) is 3. The summed E-state index contributed by atoms with van der Waals surface area (Å²) in [6.45, 7) is 0.534. The molecule has 0 bridgehead atoms. The minimum Gasteiger partial charge on any atom is -0.481 e. The van der Waals surface area contributed by atoms with Crippen LogP contribution in [0.5, 0.6) is 5.88 Å². The van der Waals surface area contributed by atoms with Crippen molar-refractivity contribution in [2.45, 2.75) is 6.54 Å². The number of rotatable bonds is 4. The molecule has 2 aromatic rings. The highest BCUT2D eigenvalue weighted by Crippen LogP contribution is 2.10. The lowest BCUT2D eigenvalue weighted by Crippen LogP contribution is -2.04. The molecule has 0 radical (unpaired) electrons. The third kappa shape index (κ3) is 3.29. The molecule has 2 heterocycles. The Hall–Kier alpha value is -1.88. The largest absolute Gasteiger partial charge is 0.481 e. The van der Waals surface area contributed by atoms with Gasteiger partial charge in [-0.1, -0.05) is 17.7 Å². The van der Waals surface area contributed by atoms with E-state index in [2.05, 4.69) is 20.3 Å². The van der Waals surface area contributed by atoms with Crippen LogP contribution in [0, 0.1) is 0 Å². The zero-order valence-electron chi connectivity index (χ0n) is 9.22. The molecule has 0 fully saturated rings. The number of pyridine rings is 1. The maximum atomic E-state index is 5.73. The maximum Gasteiger partial charge on any atom is 0.213 e. The summed E-state index contributed by atoms with van der Waals surface area (Å²) in [4.78, 5) is 12.3. The Labute approximate surface area is 104 Å². The van der Waals surface area contributed by atoms with E-state index >= 15 is 0 Å². The predicted octanol–water partition coefficient (Wildman–Crippen LogP) is 2.15. The topological polar surface area (TPSA) is 59.9 Å². The standard InChI is InChI=1S/C11H11ClN4O/c1-17-11-4-2-3-8(15-11)5-14-10-7-13-6-9(12)16-10/h2-4,6-7H,5H2,1H3,(H,14,16). The Morgan fingerprint density at radius 2 is 2.18 bits per heavy atom. The van der Waals surface area contributed by atoms with E-state index < -0.39 is 0 Å². The second-order valence-corrected chi connectivity index (χ2v) is 3.64. The lowest BCUT2D eigenvalue weighted by Gasteiger charge is -2.05. The molecule has 0 spiro atoms. The van der Waals surface area contributed by atoms with Crippen LogP contribution in [0.1, 0.15) is 5.69 Å². The highest BCUT2D eigenvalue weighted by molar-refractivity contribution is 6.29. The molecule has 0 aliphatic carbocycles. The minimum atomic E-state index is 0.355. The summed E-state index contributed by atoms with van der Waals surface area (Å²) < 4.78 is 5.04. The number of nitrogens with one attached hydrogen (secondary N) is 1. The summed E-state index contributed by atoms with van der Waals surface area (Å²) in [7, 11) is 1.59. The number of anilines is 1. The van der Waals surface area contributed by atoms with Gasteiger partial charge in [-0.25, -0.2) is 9.97 Å². The van der Waals surface area contributed by atoms with Gasteiger partial charge in [0.05, 0.1) is 31.7 Å². The average molecular weight is 251 g/mol. The van der Waals surface area contributed by atoms with Crippen LogP contribution in [-0.2, 0) is 6.54 Å². The number of hydrogen-bond donors (Lipinski definition) is 1. The molecule has 0 saturated heterocycles. The van der Waals surface area contributed by atoms with Gasteiger partial charge in [-0.05, 0) is 6.07 Å². The van der Waals surface area contributed by atoms with Crippen molar-refractivity contribution in [2.24, 2.45) is 0 Å². The summed E-state index contributed by atoms with van der Waals surface area (Å²) >= 11 is 5.73. The number of ether oxygens (including phenoxy) is 1. The predicted molar refractivity (Wildman–Crippen MR) is 65.2 cm³/mol. The minimum absolute atomic E-state index is 0.355. The lowest BCUT2D eigenvalue weighted by molar-refractivity contribution is 0.396. The van der Waals surface area contributed by atoms with Gasteiger partial charge in [0.1, 0.15) is 11.0 Å². The summed E-state index contributed by atoms with van der Waals surface area (Å²) in [6.07, 6.45) is 3.09. The molecule has 0 unspecified atom stereocenters. The van der Waals surface area contributed by atoms with Gasteiger partial charge >= 0.3 is 0 Å². The Balaban J connectivity index is 2.02. The lowest BCUT2D eigenvalue weighted by atomic mass is 10.3. The molecule has 0 amide bonds. The molecule has 88 valence electrons. The fourth-order valence-electron chi connectivity index (χ4n) is 1.28. The maximum absolute atomic E-state index is 5.73. The SMILES string of the molecule is COc1cccc(CNc2cncc(Cl)n2)n1. The third-order valence-corrected chi connectivity index (χ3v) is 2.23. The number of aromatic nitrogens is 3. The first-order valence-electron chi connectivity index (χ1n) is 4.99. The molecular formula is C11H11ClN4O. The Kier molecular flexibility index (Phi) is 3.72. The highest BCUT2D eigenvalue weighted by atomic mass is 35.5. The Morgan fingerprint density at radius 3 is 2.94 bits per heavy atom. The molecule has 5 nitrogen and oxygen atoms in total. The molecule has 0 aliphatic rings. The van der Waals surface area contributed by atoms with Gasteiger partial charge in [-0.3, -0.25) is 4.98 Å². The normalized spacial score (nSPS) is 10.0. The van der Waals surface area contributed by atoms with Crippen molar-refractivity contribution >= 4 is 17.4 Å². The molecule has 2 rings (SSSR count). The fourth-order valence-corrected chi connectivity index (χ4v) is 1.43. The van der Waals surface area contributed by atoms with Gasteiger partial charge in [0.25, 0.3) is 0 Å². The first kappa shape index (κ1) is 11.6. The van der Waals surface area contributed by atoms with Crippen LogP contribution in [0.15, 0.2) is 30.6 Å². The second-order valence-electron chi connectivity index (χ2n) is 3.25. The van der Waals surface area contributed by atoms with E-state index in [1.54, 1.807) is 19.4 Å². The average Bonchev–Trinajstić information content (AvgIpc) is 2.37. The summed E-state index contributed by atoms with van der Waals surface area (Å²) in [5, 5.41) is 3.43. The van der Waals surface area contributed by atoms with Gasteiger partial charge < -0.3 is 10.1 Å². The van der Waals surface area contributed by atoms with Gasteiger partial charge in [0, 0.05) is 6.07 Å². The molecule has 0 aromatic carbocycles. The van der Waals surface area contributed by atoms with Crippen molar-refractivity contribution in [3.8, 4) is 5.88 Å². The summed E-state index contributed by atoms with van der Waals surface area (Å²) in [5.74, 6) is 1.20. The van der Waals surface area contributed by atoms with Crippen molar-refractivity contribution in [3.05, 3.63) is 41.4 Å². The van der Waals surface area contributed by atoms with E-state index in [0.717, 1.165) is 5.69 Å². The highest BCUT2D eigenvalue weighted by Gasteiger charge is 1.99. The van der Waals surface area contributed by atoms with Crippen molar-refractivity contribution in [1.29, 1.82) is 0 Å². The molecule has 1 N–H and O–H groups in total. The molecule has 6 heteroatoms. The van der Waals surface area contributed by atoms with Crippen LogP contribution >= 0.6 is 11.6 Å². The number of methoxy groups -OCH3 is 1. The van der Waals surface area contributed by atoms with E-state index in [9.17, 15) is 0 Å². The quantitative estimate of drug-likeness (QED) is 0.901. The first-order chi connectivity index (χ1) is 8.28. The molecule has 2 aromatic heterocycles.